The zero-order valence-corrected chi connectivity index (χ0v) is 11.3. The fourth-order valence-electron chi connectivity index (χ4n) is 3.02. The van der Waals surface area contributed by atoms with Gasteiger partial charge in [-0.1, -0.05) is 0 Å². The molecule has 2 rings (SSSR count). The molecule has 2 saturated heterocycles. The lowest BCUT2D eigenvalue weighted by Crippen LogP contribution is -2.43. The zero-order valence-electron chi connectivity index (χ0n) is 11.3. The van der Waals surface area contributed by atoms with E-state index in [0.717, 1.165) is 6.42 Å². The van der Waals surface area contributed by atoms with Gasteiger partial charge >= 0.3 is 5.97 Å². The lowest BCUT2D eigenvalue weighted by molar-refractivity contribution is -0.141. The molecule has 0 spiro atoms. The largest absolute Gasteiger partial charge is 0.481 e. The van der Waals surface area contributed by atoms with Gasteiger partial charge in [-0.3, -0.25) is 24.2 Å². The topological polar surface area (TPSA) is 77.9 Å². The summed E-state index contributed by atoms with van der Waals surface area (Å²) >= 11 is 0. The van der Waals surface area contributed by atoms with Gasteiger partial charge in [-0.05, 0) is 32.7 Å². The molecule has 0 saturated carbocycles. The average Bonchev–Trinajstić information content (AvgIpc) is 2.82. The molecule has 6 heteroatoms. The summed E-state index contributed by atoms with van der Waals surface area (Å²) in [6.45, 7) is 4.96. The third kappa shape index (κ3) is 2.78. The predicted octanol–water partition coefficient (Wildman–Crippen LogP) is 0.319. The SMILES string of the molecule is CC(C)N1C(=O)CC(N2CCC(CC(=O)O)C2)C1=O. The summed E-state index contributed by atoms with van der Waals surface area (Å²) in [6.07, 6.45) is 1.15. The molecule has 2 atom stereocenters. The van der Waals surface area contributed by atoms with Gasteiger partial charge in [0, 0.05) is 19.0 Å². The van der Waals surface area contributed by atoms with Crippen molar-refractivity contribution in [3.8, 4) is 0 Å². The Morgan fingerprint density at radius 2 is 2.11 bits per heavy atom. The number of likely N-dealkylation sites (tertiary alicyclic amines) is 2. The first-order valence-electron chi connectivity index (χ1n) is 6.72. The van der Waals surface area contributed by atoms with Gasteiger partial charge in [-0.15, -0.1) is 0 Å². The second-order valence-corrected chi connectivity index (χ2v) is 5.66. The Morgan fingerprint density at radius 1 is 1.42 bits per heavy atom. The molecule has 2 heterocycles. The number of carbonyl (C=O) groups excluding carboxylic acids is 2. The van der Waals surface area contributed by atoms with Gasteiger partial charge < -0.3 is 5.11 Å². The second-order valence-electron chi connectivity index (χ2n) is 5.66. The molecular formula is C13H20N2O4. The predicted molar refractivity (Wildman–Crippen MR) is 67.3 cm³/mol. The van der Waals surface area contributed by atoms with Crippen LogP contribution in [0.3, 0.4) is 0 Å². The first-order chi connectivity index (χ1) is 8.90. The van der Waals surface area contributed by atoms with Crippen LogP contribution in [0.15, 0.2) is 0 Å². The number of hydrogen-bond acceptors (Lipinski definition) is 4. The van der Waals surface area contributed by atoms with Crippen molar-refractivity contribution in [2.75, 3.05) is 13.1 Å². The monoisotopic (exact) mass is 268 g/mol. The van der Waals surface area contributed by atoms with E-state index in [9.17, 15) is 14.4 Å². The normalized spacial score (nSPS) is 28.7. The quantitative estimate of drug-likeness (QED) is 0.743. The number of aliphatic carboxylic acids is 1. The summed E-state index contributed by atoms with van der Waals surface area (Å²) in [5, 5.41) is 8.79. The first kappa shape index (κ1) is 14.0. The van der Waals surface area contributed by atoms with E-state index in [0.29, 0.717) is 13.1 Å². The molecule has 0 aromatic rings. The zero-order chi connectivity index (χ0) is 14.2. The molecule has 0 aromatic carbocycles. The van der Waals surface area contributed by atoms with Crippen molar-refractivity contribution >= 4 is 17.8 Å². The van der Waals surface area contributed by atoms with E-state index in [1.54, 1.807) is 0 Å². The smallest absolute Gasteiger partial charge is 0.303 e. The van der Waals surface area contributed by atoms with Crippen molar-refractivity contribution in [1.82, 2.24) is 9.80 Å². The van der Waals surface area contributed by atoms with Crippen LogP contribution in [0.25, 0.3) is 0 Å². The Morgan fingerprint density at radius 3 is 2.63 bits per heavy atom. The Balaban J connectivity index is 1.99. The Labute approximate surface area is 112 Å². The van der Waals surface area contributed by atoms with Crippen LogP contribution >= 0.6 is 0 Å². The van der Waals surface area contributed by atoms with Crippen LogP contribution in [0.4, 0.5) is 0 Å². The highest BCUT2D eigenvalue weighted by atomic mass is 16.4. The second kappa shape index (κ2) is 5.28. The number of amides is 2. The molecule has 19 heavy (non-hydrogen) atoms. The number of rotatable bonds is 4. The van der Waals surface area contributed by atoms with E-state index >= 15 is 0 Å². The van der Waals surface area contributed by atoms with E-state index in [1.165, 1.54) is 4.90 Å². The third-order valence-corrected chi connectivity index (χ3v) is 3.90. The van der Waals surface area contributed by atoms with Crippen LogP contribution < -0.4 is 0 Å². The van der Waals surface area contributed by atoms with E-state index in [1.807, 2.05) is 18.7 Å². The summed E-state index contributed by atoms with van der Waals surface area (Å²) in [5.41, 5.74) is 0. The van der Waals surface area contributed by atoms with Crippen LogP contribution in [0.5, 0.6) is 0 Å². The van der Waals surface area contributed by atoms with Gasteiger partial charge in [-0.25, -0.2) is 0 Å². The van der Waals surface area contributed by atoms with Gasteiger partial charge in [-0.2, -0.15) is 0 Å². The number of nitrogens with zero attached hydrogens (tertiary/aromatic N) is 2. The van der Waals surface area contributed by atoms with Crippen LogP contribution in [0.1, 0.15) is 33.1 Å². The van der Waals surface area contributed by atoms with Crippen LogP contribution in [-0.4, -0.2) is 57.9 Å². The molecule has 6 nitrogen and oxygen atoms in total. The van der Waals surface area contributed by atoms with E-state index in [2.05, 4.69) is 0 Å². The Hall–Kier alpha value is -1.43. The number of imide groups is 1. The maximum absolute atomic E-state index is 12.2. The van der Waals surface area contributed by atoms with Gasteiger partial charge in [0.1, 0.15) is 0 Å². The maximum Gasteiger partial charge on any atom is 0.303 e. The molecule has 2 fully saturated rings. The highest BCUT2D eigenvalue weighted by molar-refractivity contribution is 6.05. The summed E-state index contributed by atoms with van der Waals surface area (Å²) in [7, 11) is 0. The minimum atomic E-state index is -0.801. The van der Waals surface area contributed by atoms with Crippen molar-refractivity contribution in [2.24, 2.45) is 5.92 Å². The lowest BCUT2D eigenvalue weighted by Gasteiger charge is -2.23. The van der Waals surface area contributed by atoms with E-state index in [4.69, 9.17) is 5.11 Å². The van der Waals surface area contributed by atoms with Crippen molar-refractivity contribution < 1.29 is 19.5 Å². The molecule has 2 aliphatic heterocycles. The lowest BCUT2D eigenvalue weighted by atomic mass is 10.1. The van der Waals surface area contributed by atoms with Gasteiger partial charge in [0.05, 0.1) is 12.5 Å². The molecular weight excluding hydrogens is 248 g/mol. The molecule has 106 valence electrons. The summed E-state index contributed by atoms with van der Waals surface area (Å²) < 4.78 is 0. The summed E-state index contributed by atoms with van der Waals surface area (Å²) in [6, 6.07) is -0.490. The number of carboxylic acid groups (broad SMARTS) is 1. The van der Waals surface area contributed by atoms with Crippen LogP contribution in [0.2, 0.25) is 0 Å². The molecule has 0 radical (unpaired) electrons. The summed E-state index contributed by atoms with van der Waals surface area (Å²) in [5.74, 6) is -0.958. The van der Waals surface area contributed by atoms with E-state index in [-0.39, 0.29) is 42.7 Å². The van der Waals surface area contributed by atoms with Crippen molar-refractivity contribution in [2.45, 2.75) is 45.2 Å². The van der Waals surface area contributed by atoms with Gasteiger partial charge in [0.25, 0.3) is 0 Å². The van der Waals surface area contributed by atoms with Crippen LogP contribution in [0, 0.1) is 5.92 Å². The van der Waals surface area contributed by atoms with Crippen molar-refractivity contribution in [1.29, 1.82) is 0 Å². The highest BCUT2D eigenvalue weighted by Crippen LogP contribution is 2.27. The third-order valence-electron chi connectivity index (χ3n) is 3.90. The first-order valence-corrected chi connectivity index (χ1v) is 6.72. The van der Waals surface area contributed by atoms with E-state index < -0.39 is 5.97 Å². The Bertz CT molecular complexity index is 407. The highest BCUT2D eigenvalue weighted by Gasteiger charge is 2.44. The Kier molecular flexibility index (Phi) is 3.89. The maximum atomic E-state index is 12.2. The molecule has 2 unspecified atom stereocenters. The number of hydrogen-bond donors (Lipinski definition) is 1. The minimum Gasteiger partial charge on any atom is -0.481 e. The standard InChI is InChI=1S/C13H20N2O4/c1-8(2)15-11(16)6-10(13(15)19)14-4-3-9(7-14)5-12(17)18/h8-10H,3-7H2,1-2H3,(H,17,18). The van der Waals surface area contributed by atoms with Crippen molar-refractivity contribution in [3.05, 3.63) is 0 Å². The van der Waals surface area contributed by atoms with Crippen molar-refractivity contribution in [3.63, 3.8) is 0 Å². The average molecular weight is 268 g/mol. The molecule has 0 aromatic heterocycles. The fourth-order valence-corrected chi connectivity index (χ4v) is 3.02. The molecule has 1 N–H and O–H groups in total. The fraction of sp³-hybridized carbons (Fsp3) is 0.769. The van der Waals surface area contributed by atoms with Gasteiger partial charge in [0.2, 0.25) is 11.8 Å². The number of carboxylic acids is 1. The van der Waals surface area contributed by atoms with Gasteiger partial charge in [0.15, 0.2) is 0 Å². The summed E-state index contributed by atoms with van der Waals surface area (Å²) in [4.78, 5) is 38.0. The number of carbonyl (C=O) groups is 3. The molecule has 0 aliphatic carbocycles. The van der Waals surface area contributed by atoms with Crippen LogP contribution in [-0.2, 0) is 14.4 Å². The molecule has 0 bridgehead atoms. The minimum absolute atomic E-state index is 0.0912. The molecule has 2 aliphatic rings. The molecule has 2 amide bonds.